The number of halogens is 1. The highest BCUT2D eigenvalue weighted by atomic mass is 79.9. The van der Waals surface area contributed by atoms with Gasteiger partial charge < -0.3 is 10.6 Å². The van der Waals surface area contributed by atoms with Gasteiger partial charge in [-0.05, 0) is 59.6 Å². The van der Waals surface area contributed by atoms with E-state index in [0.29, 0.717) is 6.54 Å². The van der Waals surface area contributed by atoms with E-state index in [4.69, 9.17) is 5.73 Å². The second kappa shape index (κ2) is 6.68. The van der Waals surface area contributed by atoms with Gasteiger partial charge in [0.2, 0.25) is 0 Å². The topological polar surface area (TPSA) is 42.1 Å². The summed E-state index contributed by atoms with van der Waals surface area (Å²) in [6.07, 6.45) is 2.76. The summed E-state index contributed by atoms with van der Waals surface area (Å²) in [5.41, 5.74) is 8.07. The zero-order valence-corrected chi connectivity index (χ0v) is 12.6. The Labute approximate surface area is 122 Å². The van der Waals surface area contributed by atoms with E-state index in [0.717, 1.165) is 23.3 Å². The lowest BCUT2D eigenvalue weighted by Gasteiger charge is -2.25. The summed E-state index contributed by atoms with van der Waals surface area (Å²) in [4.78, 5) is 6.70. The maximum atomic E-state index is 5.64. The van der Waals surface area contributed by atoms with Crippen molar-refractivity contribution in [2.24, 2.45) is 5.73 Å². The molecule has 0 unspecified atom stereocenters. The Balaban J connectivity index is 2.35. The predicted molar refractivity (Wildman–Crippen MR) is 83.8 cm³/mol. The van der Waals surface area contributed by atoms with Crippen molar-refractivity contribution in [1.29, 1.82) is 0 Å². The zero-order chi connectivity index (χ0) is 13.7. The maximum absolute atomic E-state index is 5.64. The van der Waals surface area contributed by atoms with Crippen LogP contribution in [0, 0.1) is 6.92 Å². The SMILES string of the molecule is Cc1ccccc1N(CCCN)c1ccc(Br)cn1. The molecule has 0 aliphatic rings. The zero-order valence-electron chi connectivity index (χ0n) is 11.0. The summed E-state index contributed by atoms with van der Waals surface area (Å²) < 4.78 is 0.986. The highest BCUT2D eigenvalue weighted by molar-refractivity contribution is 9.10. The average Bonchev–Trinajstić information content (AvgIpc) is 2.43. The Morgan fingerprint density at radius 3 is 2.63 bits per heavy atom. The molecule has 0 fully saturated rings. The van der Waals surface area contributed by atoms with Crippen molar-refractivity contribution < 1.29 is 0 Å². The van der Waals surface area contributed by atoms with E-state index < -0.39 is 0 Å². The van der Waals surface area contributed by atoms with E-state index in [1.54, 1.807) is 0 Å². The van der Waals surface area contributed by atoms with Crippen LogP contribution in [0.3, 0.4) is 0 Å². The minimum atomic E-state index is 0.679. The molecule has 4 heteroatoms. The summed E-state index contributed by atoms with van der Waals surface area (Å²) in [7, 11) is 0. The van der Waals surface area contributed by atoms with Crippen LogP contribution in [0.25, 0.3) is 0 Å². The van der Waals surface area contributed by atoms with Crippen molar-refractivity contribution in [2.75, 3.05) is 18.0 Å². The maximum Gasteiger partial charge on any atom is 0.132 e. The van der Waals surface area contributed by atoms with E-state index in [1.165, 1.54) is 11.3 Å². The molecular weight excluding hydrogens is 302 g/mol. The van der Waals surface area contributed by atoms with Gasteiger partial charge in [0, 0.05) is 22.9 Å². The molecular formula is C15H18BrN3. The fraction of sp³-hybridized carbons (Fsp3) is 0.267. The van der Waals surface area contributed by atoms with Crippen LogP contribution >= 0.6 is 15.9 Å². The fourth-order valence-corrected chi connectivity index (χ4v) is 2.24. The monoisotopic (exact) mass is 319 g/mol. The number of nitrogens with two attached hydrogens (primary N) is 1. The third-order valence-electron chi connectivity index (χ3n) is 2.98. The molecule has 100 valence electrons. The molecule has 3 nitrogen and oxygen atoms in total. The number of rotatable bonds is 5. The van der Waals surface area contributed by atoms with Crippen LogP contribution < -0.4 is 10.6 Å². The van der Waals surface area contributed by atoms with Crippen molar-refractivity contribution in [3.63, 3.8) is 0 Å². The molecule has 0 radical (unpaired) electrons. The number of nitrogens with zero attached hydrogens (tertiary/aromatic N) is 2. The number of aromatic nitrogens is 1. The number of anilines is 2. The molecule has 2 rings (SSSR count). The first-order chi connectivity index (χ1) is 9.22. The van der Waals surface area contributed by atoms with Crippen molar-refractivity contribution >= 4 is 27.4 Å². The van der Waals surface area contributed by atoms with Gasteiger partial charge in [-0.1, -0.05) is 18.2 Å². The van der Waals surface area contributed by atoms with Gasteiger partial charge in [0.05, 0.1) is 0 Å². The van der Waals surface area contributed by atoms with Crippen molar-refractivity contribution in [1.82, 2.24) is 4.98 Å². The summed E-state index contributed by atoms with van der Waals surface area (Å²) in [6.45, 7) is 3.67. The van der Waals surface area contributed by atoms with Crippen LogP contribution in [-0.2, 0) is 0 Å². The molecule has 2 N–H and O–H groups in total. The summed E-state index contributed by atoms with van der Waals surface area (Å²) >= 11 is 3.42. The average molecular weight is 320 g/mol. The first kappa shape index (κ1) is 14.0. The van der Waals surface area contributed by atoms with Gasteiger partial charge in [-0.3, -0.25) is 0 Å². The number of hydrogen-bond acceptors (Lipinski definition) is 3. The Hall–Kier alpha value is -1.39. The molecule has 0 bridgehead atoms. The van der Waals surface area contributed by atoms with Crippen LogP contribution in [0.4, 0.5) is 11.5 Å². The van der Waals surface area contributed by atoms with E-state index >= 15 is 0 Å². The lowest BCUT2D eigenvalue weighted by Crippen LogP contribution is -2.22. The molecule has 1 aromatic heterocycles. The van der Waals surface area contributed by atoms with Crippen LogP contribution in [0.2, 0.25) is 0 Å². The number of hydrogen-bond donors (Lipinski definition) is 1. The largest absolute Gasteiger partial charge is 0.330 e. The van der Waals surface area contributed by atoms with Crippen molar-refractivity contribution in [3.8, 4) is 0 Å². The molecule has 1 heterocycles. The molecule has 1 aromatic carbocycles. The second-order valence-corrected chi connectivity index (χ2v) is 5.33. The predicted octanol–water partition coefficient (Wildman–Crippen LogP) is 3.64. The van der Waals surface area contributed by atoms with Crippen LogP contribution in [0.1, 0.15) is 12.0 Å². The van der Waals surface area contributed by atoms with Crippen LogP contribution in [0.15, 0.2) is 47.1 Å². The molecule has 0 saturated heterocycles. The lowest BCUT2D eigenvalue weighted by molar-refractivity contribution is 0.808. The van der Waals surface area contributed by atoms with Gasteiger partial charge in [0.15, 0.2) is 0 Å². The quantitative estimate of drug-likeness (QED) is 0.914. The van der Waals surface area contributed by atoms with Crippen molar-refractivity contribution in [3.05, 3.63) is 52.6 Å². The summed E-state index contributed by atoms with van der Waals surface area (Å²) in [5, 5.41) is 0. The first-order valence-corrected chi connectivity index (χ1v) is 7.16. The highest BCUT2D eigenvalue weighted by Gasteiger charge is 2.11. The molecule has 0 saturated carbocycles. The van der Waals surface area contributed by atoms with E-state index in [1.807, 2.05) is 18.3 Å². The Bertz CT molecular complexity index is 525. The third-order valence-corrected chi connectivity index (χ3v) is 3.45. The fourth-order valence-electron chi connectivity index (χ4n) is 2.00. The standard InChI is InChI=1S/C15H18BrN3/c1-12-5-2-3-6-14(12)19(10-4-9-17)15-8-7-13(16)11-18-15/h2-3,5-8,11H,4,9-10,17H2,1H3. The number of aryl methyl sites for hydroxylation is 1. The van der Waals surface area contributed by atoms with Gasteiger partial charge in [-0.25, -0.2) is 4.98 Å². The van der Waals surface area contributed by atoms with Crippen molar-refractivity contribution in [2.45, 2.75) is 13.3 Å². The normalized spacial score (nSPS) is 10.5. The van der Waals surface area contributed by atoms with Crippen LogP contribution in [-0.4, -0.2) is 18.1 Å². The Morgan fingerprint density at radius 1 is 1.21 bits per heavy atom. The van der Waals surface area contributed by atoms with Gasteiger partial charge in [0.1, 0.15) is 5.82 Å². The molecule has 0 amide bonds. The molecule has 19 heavy (non-hydrogen) atoms. The number of pyridine rings is 1. The molecule has 2 aromatic rings. The highest BCUT2D eigenvalue weighted by Crippen LogP contribution is 2.27. The minimum Gasteiger partial charge on any atom is -0.330 e. The summed E-state index contributed by atoms with van der Waals surface area (Å²) in [6, 6.07) is 12.4. The van der Waals surface area contributed by atoms with Gasteiger partial charge in [-0.15, -0.1) is 0 Å². The third kappa shape index (κ3) is 3.55. The second-order valence-electron chi connectivity index (χ2n) is 4.41. The van der Waals surface area contributed by atoms with E-state index in [9.17, 15) is 0 Å². The summed E-state index contributed by atoms with van der Waals surface area (Å²) in [5.74, 6) is 0.950. The molecule has 0 aliphatic heterocycles. The Kier molecular flexibility index (Phi) is 4.93. The van der Waals surface area contributed by atoms with Gasteiger partial charge in [0.25, 0.3) is 0 Å². The van der Waals surface area contributed by atoms with Crippen LogP contribution in [0.5, 0.6) is 0 Å². The minimum absolute atomic E-state index is 0.679. The first-order valence-electron chi connectivity index (χ1n) is 6.37. The van der Waals surface area contributed by atoms with E-state index in [-0.39, 0.29) is 0 Å². The smallest absolute Gasteiger partial charge is 0.132 e. The van der Waals surface area contributed by atoms with E-state index in [2.05, 4.69) is 57.0 Å². The molecule has 0 aliphatic carbocycles. The number of para-hydroxylation sites is 1. The van der Waals surface area contributed by atoms with Gasteiger partial charge in [-0.2, -0.15) is 0 Å². The molecule has 0 atom stereocenters. The van der Waals surface area contributed by atoms with Gasteiger partial charge >= 0.3 is 0 Å². The number of benzene rings is 1. The lowest BCUT2D eigenvalue weighted by atomic mass is 10.1. The Morgan fingerprint density at radius 2 is 2.00 bits per heavy atom. The molecule has 0 spiro atoms.